The number of likely N-dealkylation sites (N-methyl/N-ethyl adjacent to an activating group) is 1. The van der Waals surface area contributed by atoms with Crippen LogP contribution in [0.3, 0.4) is 0 Å². The number of nitrogens with two attached hydrogens (primary N) is 4. The number of aromatic amines is 4. The fraction of sp³-hybridized carbons (Fsp3) is 0.291. The van der Waals surface area contributed by atoms with Crippen molar-refractivity contribution in [3.8, 4) is 0 Å². The van der Waals surface area contributed by atoms with Crippen molar-refractivity contribution in [2.75, 3.05) is 67.0 Å². The molecule has 0 amide bonds. The van der Waals surface area contributed by atoms with Crippen molar-refractivity contribution in [3.63, 3.8) is 0 Å². The Kier molecular flexibility index (Phi) is 21.5. The SMILES string of the molecule is CN1CC=C(c2c[nH]c3ccc(N=C(N)c4cccs4)cc23)C(F)C1.CN1CCC[C@H]1CCc1c[nH]c2ccc(N=C(N)c3cccs3)cc12.CN1CC[C@@H](c2c[nH]c3ccc(N=C(N)c4cccs4)cc23)[C@H](F)C1.NC(=Nc1ccc2[nH]cc(C3=CCN4CCCC4C3)c2c1)c1cccs1. The highest BCUT2D eigenvalue weighted by Gasteiger charge is 2.32. The lowest BCUT2D eigenvalue weighted by molar-refractivity contribution is 0.140. The molecule has 22 heteroatoms. The summed E-state index contributed by atoms with van der Waals surface area (Å²) in [4.78, 5) is 44.6. The average Bonchev–Trinajstić information content (AvgIpc) is 1.70. The van der Waals surface area contributed by atoms with Gasteiger partial charge in [0, 0.05) is 124 Å². The van der Waals surface area contributed by atoms with E-state index in [-0.39, 0.29) is 5.92 Å². The summed E-state index contributed by atoms with van der Waals surface area (Å²) in [5, 5.41) is 12.5. The lowest BCUT2D eigenvalue weighted by atomic mass is 9.88. The predicted molar refractivity (Wildman–Crippen MR) is 423 cm³/mol. The summed E-state index contributed by atoms with van der Waals surface area (Å²) < 4.78 is 29.1. The molecule has 0 saturated carbocycles. The van der Waals surface area contributed by atoms with Crippen LogP contribution in [0.15, 0.2) is 200 Å². The standard InChI is InChI=1S/C21H22N4S.C20H24N4S.C19H21FN4S.C19H19FN4S/c22-21(20-4-2-10-26-20)24-15-5-6-19-17(12-15)18(13-23-19)14-7-9-25-8-1-3-16(25)11-14;1-24-10-2-4-16(24)8-6-14-13-22-18-9-7-15(12-17(14)18)23-20(21)19-5-3-11-25-19;2*1-24-7-6-13(16(20)11-24)15-10-22-17-5-4-12(9-14(15)17)23-19(21)18-3-2-8-25-18/h2,4-7,10,12-13,16,23H,1,3,8-9,11H2,(H2,22,24);3,5,7,9,11-13,16,22H,2,4,6,8,10H2,1H3,(H2,21,23);2-5,8-10,13,16,22H,6-7,11H2,1H3,(H2,21,23);2-6,8-10,16,22H,7,11H2,1H3,(H2,21,23)/t;16-;13-,16+;/m.00./s1. The number of hydrogen-bond acceptors (Lipinski definition) is 12. The number of hydrogen-bond donors (Lipinski definition) is 8. The van der Waals surface area contributed by atoms with Crippen molar-refractivity contribution in [1.82, 2.24) is 39.5 Å². The Balaban J connectivity index is 0.000000114. The molecule has 16 nitrogen and oxygen atoms in total. The van der Waals surface area contributed by atoms with E-state index < -0.39 is 12.3 Å². The zero-order valence-electron chi connectivity index (χ0n) is 57.1. The largest absolute Gasteiger partial charge is 0.383 e. The molecule has 5 aliphatic rings. The topological polar surface area (TPSA) is 230 Å². The minimum absolute atomic E-state index is 0.0705. The van der Waals surface area contributed by atoms with Gasteiger partial charge in [-0.15, -0.1) is 45.3 Å². The number of nitrogens with zero attached hydrogens (tertiary/aromatic N) is 8. The van der Waals surface area contributed by atoms with Crippen molar-refractivity contribution >= 4 is 146 Å². The van der Waals surface area contributed by atoms with Crippen LogP contribution >= 0.6 is 45.3 Å². The van der Waals surface area contributed by atoms with Gasteiger partial charge in [-0.2, -0.15) is 0 Å². The van der Waals surface area contributed by atoms with Crippen LogP contribution in [0.25, 0.3) is 54.8 Å². The Bertz CT molecular complexity index is 4970. The normalized spacial score (nSPS) is 20.5. The third-order valence-electron chi connectivity index (χ3n) is 20.1. The molecule has 12 aromatic rings. The Hall–Kier alpha value is -9.10. The fourth-order valence-electron chi connectivity index (χ4n) is 14.6. The molecule has 520 valence electrons. The molecule has 5 aliphatic heterocycles. The third-order valence-corrected chi connectivity index (χ3v) is 23.6. The quantitative estimate of drug-likeness (QED) is 0.0385. The van der Waals surface area contributed by atoms with E-state index in [4.69, 9.17) is 22.9 Å². The van der Waals surface area contributed by atoms with Gasteiger partial charge in [0.15, 0.2) is 0 Å². The van der Waals surface area contributed by atoms with Crippen LogP contribution in [-0.2, 0) is 6.42 Å². The van der Waals surface area contributed by atoms with Gasteiger partial charge >= 0.3 is 0 Å². The monoisotopic (exact) mass is 1420 g/mol. The third kappa shape index (κ3) is 16.2. The molecule has 0 aliphatic carbocycles. The number of amidine groups is 4. The molecule has 13 heterocycles. The number of rotatable bonds is 14. The zero-order valence-corrected chi connectivity index (χ0v) is 60.4. The second-order valence-corrected chi connectivity index (χ2v) is 30.6. The molecule has 101 heavy (non-hydrogen) atoms. The molecule has 3 saturated heterocycles. The van der Waals surface area contributed by atoms with E-state index in [0.29, 0.717) is 36.4 Å². The maximum Gasteiger partial charge on any atom is 0.141 e. The number of nitrogens with one attached hydrogen (secondary N) is 4. The van der Waals surface area contributed by atoms with E-state index in [0.717, 1.165) is 137 Å². The van der Waals surface area contributed by atoms with Crippen molar-refractivity contribution in [2.24, 2.45) is 42.9 Å². The number of fused-ring (bicyclic) bond motifs is 5. The van der Waals surface area contributed by atoms with Crippen molar-refractivity contribution in [3.05, 3.63) is 222 Å². The predicted octanol–water partition coefficient (Wildman–Crippen LogP) is 16.8. The number of aromatic nitrogens is 4. The van der Waals surface area contributed by atoms with Gasteiger partial charge in [-0.1, -0.05) is 36.4 Å². The molecule has 5 atom stereocenters. The molecule has 0 radical (unpaired) electrons. The summed E-state index contributed by atoms with van der Waals surface area (Å²) >= 11 is 6.35. The highest BCUT2D eigenvalue weighted by molar-refractivity contribution is 7.13. The number of benzene rings is 4. The van der Waals surface area contributed by atoms with Crippen LogP contribution in [0.2, 0.25) is 0 Å². The van der Waals surface area contributed by atoms with E-state index in [1.807, 2.05) is 161 Å². The minimum atomic E-state index is -0.985. The van der Waals surface area contributed by atoms with Gasteiger partial charge in [-0.05, 0) is 233 Å². The van der Waals surface area contributed by atoms with Crippen LogP contribution < -0.4 is 22.9 Å². The molecule has 0 spiro atoms. The molecule has 3 fully saturated rings. The summed E-state index contributed by atoms with van der Waals surface area (Å²) in [6.45, 7) is 6.15. The Morgan fingerprint density at radius 3 is 1.52 bits per heavy atom. The van der Waals surface area contributed by atoms with E-state index >= 15 is 0 Å². The van der Waals surface area contributed by atoms with Gasteiger partial charge in [0.2, 0.25) is 0 Å². The highest BCUT2D eigenvalue weighted by atomic mass is 32.1. The molecule has 2 unspecified atom stereocenters. The van der Waals surface area contributed by atoms with Gasteiger partial charge in [-0.25, -0.2) is 28.8 Å². The van der Waals surface area contributed by atoms with E-state index in [1.54, 1.807) is 45.3 Å². The van der Waals surface area contributed by atoms with Gasteiger partial charge < -0.3 is 52.7 Å². The molecule has 17 rings (SSSR count). The summed E-state index contributed by atoms with van der Waals surface area (Å²) in [5.41, 5.74) is 39.0. The van der Waals surface area contributed by atoms with Crippen molar-refractivity contribution in [1.29, 1.82) is 0 Å². The van der Waals surface area contributed by atoms with Crippen molar-refractivity contribution < 1.29 is 8.78 Å². The van der Waals surface area contributed by atoms with Gasteiger partial charge in [0.25, 0.3) is 0 Å². The first-order valence-electron chi connectivity index (χ1n) is 34.7. The minimum Gasteiger partial charge on any atom is -0.383 e. The van der Waals surface area contributed by atoms with Crippen LogP contribution in [0.4, 0.5) is 31.5 Å². The Morgan fingerprint density at radius 1 is 0.505 bits per heavy atom. The summed E-state index contributed by atoms with van der Waals surface area (Å²) in [5.74, 6) is 2.09. The summed E-state index contributed by atoms with van der Waals surface area (Å²) in [6, 6.07) is 41.6. The van der Waals surface area contributed by atoms with Crippen LogP contribution in [0.1, 0.15) is 92.6 Å². The number of piperidine rings is 1. The first-order valence-corrected chi connectivity index (χ1v) is 38.2. The maximum absolute atomic E-state index is 14.6. The second-order valence-electron chi connectivity index (χ2n) is 26.8. The number of thiophene rings is 4. The number of aryl methyl sites for hydroxylation is 1. The number of halogens is 2. The van der Waals surface area contributed by atoms with E-state index in [1.165, 1.54) is 78.2 Å². The first-order chi connectivity index (χ1) is 49.2. The van der Waals surface area contributed by atoms with Crippen LogP contribution in [0.5, 0.6) is 0 Å². The number of aliphatic imine (C=N–C) groups is 4. The number of alkyl halides is 2. The summed E-state index contributed by atoms with van der Waals surface area (Å²) in [7, 11) is 6.14. The molecular weight excluding hydrogens is 1340 g/mol. The molecule has 8 aromatic heterocycles. The smallest absolute Gasteiger partial charge is 0.141 e. The Morgan fingerprint density at radius 2 is 1.00 bits per heavy atom. The van der Waals surface area contributed by atoms with E-state index in [2.05, 4.69) is 99.5 Å². The Labute approximate surface area is 603 Å². The van der Waals surface area contributed by atoms with Crippen LogP contribution in [-0.4, -0.2) is 154 Å². The lowest BCUT2D eigenvalue weighted by Gasteiger charge is -2.32. The second kappa shape index (κ2) is 31.4. The maximum atomic E-state index is 14.6. The molecule has 12 N–H and O–H groups in total. The van der Waals surface area contributed by atoms with Crippen LogP contribution in [0, 0.1) is 0 Å². The highest BCUT2D eigenvalue weighted by Crippen LogP contribution is 2.40. The fourth-order valence-corrected chi connectivity index (χ4v) is 17.1. The zero-order chi connectivity index (χ0) is 69.5. The molecule has 0 bridgehead atoms. The lowest BCUT2D eigenvalue weighted by Crippen LogP contribution is -2.38. The van der Waals surface area contributed by atoms with Crippen molar-refractivity contribution in [2.45, 2.75) is 81.7 Å². The average molecular weight is 1430 g/mol. The van der Waals surface area contributed by atoms with Gasteiger partial charge in [0.05, 0.1) is 42.3 Å². The van der Waals surface area contributed by atoms with E-state index in [9.17, 15) is 8.78 Å². The van der Waals surface area contributed by atoms with Gasteiger partial charge in [-0.3, -0.25) is 9.80 Å². The molecule has 4 aromatic carbocycles. The van der Waals surface area contributed by atoms with Gasteiger partial charge in [0.1, 0.15) is 35.7 Å². The number of H-pyrrole nitrogens is 4. The summed E-state index contributed by atoms with van der Waals surface area (Å²) in [6.07, 6.45) is 20.3. The molecular formula is C79H86F2N16S4. The number of likely N-dealkylation sites (tertiary alicyclic amines) is 2. The first kappa shape index (κ1) is 69.0.